The monoisotopic (exact) mass is 679 g/mol. The summed E-state index contributed by atoms with van der Waals surface area (Å²) in [6, 6.07) is 61.9. The van der Waals surface area contributed by atoms with Gasteiger partial charge in [0.2, 0.25) is 0 Å². The number of amidine groups is 2. The van der Waals surface area contributed by atoms with Gasteiger partial charge in [0, 0.05) is 43.7 Å². The standard InChI is InChI=1S/C48H33N5/c1-49-47(33-16-4-2-5-17-33)51-48(34-18-6-3-7-19-34)50-31-32-15-14-21-36(29-32)52-41-26-13-11-24-39(41)46-42(52)27-28-43-45(46)38-23-10-9-22-37(38)44-30-35-20-8-12-25-40(35)53(43)44/h2-30H,1,31H2. The van der Waals surface area contributed by atoms with Crippen molar-refractivity contribution in [3.05, 3.63) is 193 Å². The molecular formula is C48H33N5. The predicted octanol–water partition coefficient (Wildman–Crippen LogP) is 11.6. The zero-order chi connectivity index (χ0) is 35.3. The Hall–Kier alpha value is -7.11. The second-order valence-electron chi connectivity index (χ2n) is 13.3. The molecule has 0 N–H and O–H groups in total. The molecule has 5 nitrogen and oxygen atoms in total. The number of aliphatic imine (C=N–C) groups is 3. The topological polar surface area (TPSA) is 46.4 Å². The summed E-state index contributed by atoms with van der Waals surface area (Å²) in [6.07, 6.45) is 0. The quantitative estimate of drug-likeness (QED) is 0.0987. The van der Waals surface area contributed by atoms with E-state index in [1.165, 1.54) is 54.4 Å². The van der Waals surface area contributed by atoms with Crippen LogP contribution < -0.4 is 0 Å². The van der Waals surface area contributed by atoms with Crippen LogP contribution >= 0.6 is 0 Å². The molecule has 3 heterocycles. The lowest BCUT2D eigenvalue weighted by atomic mass is 10.00. The first-order valence-electron chi connectivity index (χ1n) is 17.8. The van der Waals surface area contributed by atoms with E-state index in [0.29, 0.717) is 18.2 Å². The predicted molar refractivity (Wildman–Crippen MR) is 223 cm³/mol. The Morgan fingerprint density at radius 1 is 0.472 bits per heavy atom. The number of rotatable bonds is 5. The first-order valence-corrected chi connectivity index (χ1v) is 17.8. The largest absolute Gasteiger partial charge is 0.309 e. The van der Waals surface area contributed by atoms with Crippen LogP contribution in [0.25, 0.3) is 65.6 Å². The Morgan fingerprint density at radius 2 is 1.09 bits per heavy atom. The fourth-order valence-corrected chi connectivity index (χ4v) is 7.94. The van der Waals surface area contributed by atoms with E-state index in [4.69, 9.17) is 9.98 Å². The molecule has 0 atom stereocenters. The molecule has 10 rings (SSSR count). The maximum atomic E-state index is 5.08. The van der Waals surface area contributed by atoms with Crippen molar-refractivity contribution in [2.45, 2.75) is 6.54 Å². The molecule has 7 aromatic carbocycles. The van der Waals surface area contributed by atoms with Gasteiger partial charge >= 0.3 is 0 Å². The molecule has 0 aliphatic heterocycles. The van der Waals surface area contributed by atoms with Gasteiger partial charge < -0.3 is 8.97 Å². The molecular weight excluding hydrogens is 647 g/mol. The van der Waals surface area contributed by atoms with E-state index in [1.807, 2.05) is 60.7 Å². The molecule has 5 heteroatoms. The van der Waals surface area contributed by atoms with Gasteiger partial charge in [0.1, 0.15) is 0 Å². The van der Waals surface area contributed by atoms with Crippen LogP contribution in [0, 0.1) is 0 Å². The SMILES string of the molecule is C=NC(=NC(=NCc1cccc(-n2c3ccccc3c3c4c5ccccc5c5cc6ccccc6n5c4ccc32)c1)c1ccccc1)c1ccccc1. The first-order chi connectivity index (χ1) is 26.3. The molecule has 250 valence electrons. The van der Waals surface area contributed by atoms with E-state index in [2.05, 4.69) is 136 Å². The molecule has 0 saturated carbocycles. The highest BCUT2D eigenvalue weighted by atomic mass is 15.0. The van der Waals surface area contributed by atoms with Crippen molar-refractivity contribution >= 4 is 78.3 Å². The second-order valence-corrected chi connectivity index (χ2v) is 13.3. The molecule has 10 aromatic rings. The summed E-state index contributed by atoms with van der Waals surface area (Å²) in [5.74, 6) is 1.15. The minimum atomic E-state index is 0.449. The number of pyridine rings is 1. The zero-order valence-electron chi connectivity index (χ0n) is 28.9. The molecule has 53 heavy (non-hydrogen) atoms. The van der Waals surface area contributed by atoms with E-state index in [1.54, 1.807) is 0 Å². The van der Waals surface area contributed by atoms with Gasteiger partial charge in [-0.15, -0.1) is 0 Å². The Balaban J connectivity index is 1.16. The van der Waals surface area contributed by atoms with E-state index in [9.17, 15) is 0 Å². The molecule has 0 aliphatic carbocycles. The fourth-order valence-electron chi connectivity index (χ4n) is 7.94. The molecule has 0 unspecified atom stereocenters. The normalized spacial score (nSPS) is 12.5. The minimum Gasteiger partial charge on any atom is -0.309 e. The van der Waals surface area contributed by atoms with Crippen LogP contribution in [0.2, 0.25) is 0 Å². The number of benzene rings is 7. The van der Waals surface area contributed by atoms with Crippen molar-refractivity contribution in [2.24, 2.45) is 15.0 Å². The molecule has 3 aromatic heterocycles. The van der Waals surface area contributed by atoms with Gasteiger partial charge in [0.15, 0.2) is 11.7 Å². The third kappa shape index (κ3) is 5.05. The fraction of sp³-hybridized carbons (Fsp3) is 0.0208. The summed E-state index contributed by atoms with van der Waals surface area (Å²) < 4.78 is 4.84. The smallest absolute Gasteiger partial charge is 0.161 e. The Morgan fingerprint density at radius 3 is 1.87 bits per heavy atom. The van der Waals surface area contributed by atoms with E-state index in [0.717, 1.165) is 27.9 Å². The number of hydrogen-bond donors (Lipinski definition) is 0. The third-order valence-corrected chi connectivity index (χ3v) is 10.2. The van der Waals surface area contributed by atoms with Gasteiger partial charge in [0.25, 0.3) is 0 Å². The van der Waals surface area contributed by atoms with Crippen molar-refractivity contribution in [3.8, 4) is 5.69 Å². The maximum Gasteiger partial charge on any atom is 0.161 e. The Bertz CT molecular complexity index is 3090. The summed E-state index contributed by atoms with van der Waals surface area (Å²) in [5.41, 5.74) is 9.96. The lowest BCUT2D eigenvalue weighted by molar-refractivity contribution is 1.05. The van der Waals surface area contributed by atoms with Crippen LogP contribution in [0.5, 0.6) is 0 Å². The van der Waals surface area contributed by atoms with Crippen LogP contribution in [0.15, 0.2) is 191 Å². The highest BCUT2D eigenvalue weighted by Gasteiger charge is 2.19. The average molecular weight is 680 g/mol. The highest BCUT2D eigenvalue weighted by Crippen LogP contribution is 2.42. The Labute approximate surface area is 306 Å². The van der Waals surface area contributed by atoms with E-state index in [-0.39, 0.29) is 0 Å². The lowest BCUT2D eigenvalue weighted by Gasteiger charge is -2.13. The van der Waals surface area contributed by atoms with Gasteiger partial charge in [-0.25, -0.2) is 9.98 Å². The number of para-hydroxylation sites is 2. The molecule has 0 spiro atoms. The zero-order valence-corrected chi connectivity index (χ0v) is 28.9. The third-order valence-electron chi connectivity index (χ3n) is 10.2. The molecule has 0 bridgehead atoms. The second kappa shape index (κ2) is 12.6. The molecule has 0 aliphatic rings. The number of fused-ring (bicyclic) bond motifs is 12. The molecule has 0 amide bonds. The number of aromatic nitrogens is 2. The summed E-state index contributed by atoms with van der Waals surface area (Å²) >= 11 is 0. The maximum absolute atomic E-state index is 5.08. The van der Waals surface area contributed by atoms with Gasteiger partial charge in [-0.3, -0.25) is 4.99 Å². The number of hydrogen-bond acceptors (Lipinski definition) is 1. The lowest BCUT2D eigenvalue weighted by Crippen LogP contribution is -2.05. The van der Waals surface area contributed by atoms with Crippen LogP contribution in [-0.4, -0.2) is 27.4 Å². The van der Waals surface area contributed by atoms with Crippen molar-refractivity contribution in [1.82, 2.24) is 8.97 Å². The molecule has 0 fully saturated rings. The molecule has 0 saturated heterocycles. The summed E-state index contributed by atoms with van der Waals surface area (Å²) in [4.78, 5) is 14.3. The molecule has 0 radical (unpaired) electrons. The van der Waals surface area contributed by atoms with Crippen LogP contribution in [0.3, 0.4) is 0 Å². The van der Waals surface area contributed by atoms with Crippen LogP contribution in [0.4, 0.5) is 0 Å². The first kappa shape index (κ1) is 30.7. The van der Waals surface area contributed by atoms with Crippen molar-refractivity contribution in [2.75, 3.05) is 0 Å². The van der Waals surface area contributed by atoms with Gasteiger partial charge in [0.05, 0.1) is 34.1 Å². The van der Waals surface area contributed by atoms with Crippen LogP contribution in [-0.2, 0) is 6.54 Å². The van der Waals surface area contributed by atoms with E-state index < -0.39 is 0 Å². The van der Waals surface area contributed by atoms with Crippen molar-refractivity contribution < 1.29 is 0 Å². The van der Waals surface area contributed by atoms with Gasteiger partial charge in [-0.2, -0.15) is 0 Å². The number of nitrogens with zero attached hydrogens (tertiary/aromatic N) is 5. The van der Waals surface area contributed by atoms with Crippen molar-refractivity contribution in [3.63, 3.8) is 0 Å². The van der Waals surface area contributed by atoms with E-state index >= 15 is 0 Å². The van der Waals surface area contributed by atoms with Gasteiger partial charge in [-0.05, 0) is 60.1 Å². The Kier molecular flexibility index (Phi) is 7.29. The van der Waals surface area contributed by atoms with Crippen molar-refractivity contribution in [1.29, 1.82) is 0 Å². The minimum absolute atomic E-state index is 0.449. The summed E-state index contributed by atoms with van der Waals surface area (Å²) in [5, 5.41) is 7.49. The van der Waals surface area contributed by atoms with Crippen LogP contribution in [0.1, 0.15) is 16.7 Å². The van der Waals surface area contributed by atoms with Gasteiger partial charge in [-0.1, -0.05) is 133 Å². The summed E-state index contributed by atoms with van der Waals surface area (Å²) in [6.45, 7) is 4.26. The average Bonchev–Trinajstić information content (AvgIpc) is 3.78. The summed E-state index contributed by atoms with van der Waals surface area (Å²) in [7, 11) is 0. The highest BCUT2D eigenvalue weighted by molar-refractivity contribution is 6.30.